The van der Waals surface area contributed by atoms with Crippen molar-refractivity contribution in [1.82, 2.24) is 4.90 Å². The lowest BCUT2D eigenvalue weighted by atomic mass is 10.1. The number of carbonyl (C=O) groups is 1. The molecular formula is C16H16Cl2N2O. The van der Waals surface area contributed by atoms with Crippen molar-refractivity contribution in [1.29, 1.82) is 0 Å². The molecular weight excluding hydrogens is 307 g/mol. The van der Waals surface area contributed by atoms with Gasteiger partial charge in [-0.3, -0.25) is 4.79 Å². The van der Waals surface area contributed by atoms with Crippen LogP contribution in [0.3, 0.4) is 0 Å². The summed E-state index contributed by atoms with van der Waals surface area (Å²) in [5.74, 6) is -0.0605. The number of benzene rings is 2. The molecule has 0 spiro atoms. The molecule has 2 rings (SSSR count). The van der Waals surface area contributed by atoms with Crippen molar-refractivity contribution < 1.29 is 4.79 Å². The molecule has 0 aliphatic carbocycles. The first-order chi connectivity index (χ1) is 9.99. The first-order valence-electron chi connectivity index (χ1n) is 6.49. The zero-order chi connectivity index (χ0) is 15.4. The van der Waals surface area contributed by atoms with Gasteiger partial charge in [0.1, 0.15) is 0 Å². The summed E-state index contributed by atoms with van der Waals surface area (Å²) in [6.45, 7) is 0.906. The summed E-state index contributed by atoms with van der Waals surface area (Å²) in [5, 5.41) is 1.12. The number of nitrogens with two attached hydrogens (primary N) is 1. The Morgan fingerprint density at radius 2 is 1.62 bits per heavy atom. The minimum absolute atomic E-state index is 0.0605. The quantitative estimate of drug-likeness (QED) is 0.932. The van der Waals surface area contributed by atoms with Gasteiger partial charge < -0.3 is 10.6 Å². The molecule has 0 heterocycles. The van der Waals surface area contributed by atoms with Gasteiger partial charge in [0.2, 0.25) is 0 Å². The Hall–Kier alpha value is -1.55. The van der Waals surface area contributed by atoms with Crippen LogP contribution in [0, 0.1) is 0 Å². The Bertz CT molecular complexity index is 621. The highest BCUT2D eigenvalue weighted by molar-refractivity contribution is 6.34. The summed E-state index contributed by atoms with van der Waals surface area (Å²) in [6, 6.07) is 12.6. The third-order valence-corrected chi connectivity index (χ3v) is 3.56. The van der Waals surface area contributed by atoms with Gasteiger partial charge in [0.05, 0.1) is 0 Å². The average Bonchev–Trinajstić information content (AvgIpc) is 2.45. The molecule has 0 fully saturated rings. The molecule has 0 saturated heterocycles. The van der Waals surface area contributed by atoms with Crippen LogP contribution in [0.2, 0.25) is 10.0 Å². The van der Waals surface area contributed by atoms with Crippen LogP contribution in [0.5, 0.6) is 0 Å². The van der Waals surface area contributed by atoms with Crippen LogP contribution >= 0.6 is 23.2 Å². The molecule has 21 heavy (non-hydrogen) atoms. The van der Waals surface area contributed by atoms with E-state index >= 15 is 0 Å². The highest BCUT2D eigenvalue weighted by Crippen LogP contribution is 2.20. The lowest BCUT2D eigenvalue weighted by molar-refractivity contribution is 0.0785. The normalized spacial score (nSPS) is 10.5. The highest BCUT2D eigenvalue weighted by Gasteiger charge is 2.12. The summed E-state index contributed by atoms with van der Waals surface area (Å²) < 4.78 is 0. The molecule has 0 aromatic heterocycles. The van der Waals surface area contributed by atoms with Gasteiger partial charge in [-0.25, -0.2) is 0 Å². The molecule has 110 valence electrons. The number of halogens is 2. The smallest absolute Gasteiger partial charge is 0.253 e. The van der Waals surface area contributed by atoms with Gasteiger partial charge in [-0.15, -0.1) is 0 Å². The Kier molecular flexibility index (Phi) is 5.23. The maximum Gasteiger partial charge on any atom is 0.253 e. The third-order valence-electron chi connectivity index (χ3n) is 3.13. The number of hydrogen-bond acceptors (Lipinski definition) is 2. The maximum atomic E-state index is 12.3. The molecule has 0 aliphatic rings. The predicted octanol–water partition coefficient (Wildman–Crippen LogP) is 3.72. The summed E-state index contributed by atoms with van der Waals surface area (Å²) in [7, 11) is 1.74. The van der Waals surface area contributed by atoms with E-state index in [0.717, 1.165) is 11.1 Å². The van der Waals surface area contributed by atoms with E-state index in [4.69, 9.17) is 28.9 Å². The van der Waals surface area contributed by atoms with E-state index in [2.05, 4.69) is 0 Å². The Balaban J connectivity index is 2.11. The molecule has 0 saturated carbocycles. The van der Waals surface area contributed by atoms with Crippen molar-refractivity contribution in [2.45, 2.75) is 13.1 Å². The first-order valence-corrected chi connectivity index (χ1v) is 7.24. The molecule has 0 unspecified atom stereocenters. The fourth-order valence-electron chi connectivity index (χ4n) is 2.05. The van der Waals surface area contributed by atoms with Gasteiger partial charge in [0, 0.05) is 35.7 Å². The van der Waals surface area contributed by atoms with Crippen molar-refractivity contribution in [2.75, 3.05) is 7.05 Å². The lowest BCUT2D eigenvalue weighted by Crippen LogP contribution is -2.26. The summed E-state index contributed by atoms with van der Waals surface area (Å²) in [4.78, 5) is 14.0. The Morgan fingerprint density at radius 1 is 1.05 bits per heavy atom. The van der Waals surface area contributed by atoms with E-state index in [1.165, 1.54) is 0 Å². The third kappa shape index (κ3) is 4.21. The topological polar surface area (TPSA) is 46.3 Å². The minimum Gasteiger partial charge on any atom is -0.337 e. The highest BCUT2D eigenvalue weighted by atomic mass is 35.5. The van der Waals surface area contributed by atoms with Crippen LogP contribution in [0.15, 0.2) is 42.5 Å². The average molecular weight is 323 g/mol. The zero-order valence-corrected chi connectivity index (χ0v) is 13.2. The second-order valence-corrected chi connectivity index (χ2v) is 5.71. The largest absolute Gasteiger partial charge is 0.337 e. The molecule has 2 aromatic carbocycles. The summed E-state index contributed by atoms with van der Waals surface area (Å²) >= 11 is 11.9. The van der Waals surface area contributed by atoms with Crippen molar-refractivity contribution in [3.63, 3.8) is 0 Å². The van der Waals surface area contributed by atoms with Crippen LogP contribution in [0.25, 0.3) is 0 Å². The van der Waals surface area contributed by atoms with Gasteiger partial charge in [-0.1, -0.05) is 35.3 Å². The van der Waals surface area contributed by atoms with E-state index in [0.29, 0.717) is 28.7 Å². The lowest BCUT2D eigenvalue weighted by Gasteiger charge is -2.18. The van der Waals surface area contributed by atoms with E-state index < -0.39 is 0 Å². The van der Waals surface area contributed by atoms with Crippen molar-refractivity contribution >= 4 is 29.1 Å². The maximum absolute atomic E-state index is 12.3. The molecule has 0 aliphatic heterocycles. The Morgan fingerprint density at radius 3 is 2.14 bits per heavy atom. The summed E-state index contributed by atoms with van der Waals surface area (Å²) in [5.41, 5.74) is 8.06. The fraction of sp³-hybridized carbons (Fsp3) is 0.188. The van der Waals surface area contributed by atoms with Crippen LogP contribution in [-0.4, -0.2) is 17.9 Å². The van der Waals surface area contributed by atoms with E-state index in [9.17, 15) is 4.79 Å². The molecule has 3 nitrogen and oxygen atoms in total. The summed E-state index contributed by atoms with van der Waals surface area (Å²) in [6.07, 6.45) is 0. The molecule has 1 amide bonds. The van der Waals surface area contributed by atoms with Gasteiger partial charge in [-0.05, 0) is 41.5 Å². The zero-order valence-electron chi connectivity index (χ0n) is 11.6. The van der Waals surface area contributed by atoms with Crippen molar-refractivity contribution in [2.24, 2.45) is 5.73 Å². The minimum atomic E-state index is -0.0605. The molecule has 0 atom stereocenters. The number of rotatable bonds is 4. The predicted molar refractivity (Wildman–Crippen MR) is 86.6 cm³/mol. The Labute approximate surface area is 134 Å². The van der Waals surface area contributed by atoms with Crippen LogP contribution in [-0.2, 0) is 13.1 Å². The van der Waals surface area contributed by atoms with Crippen LogP contribution < -0.4 is 5.73 Å². The van der Waals surface area contributed by atoms with Crippen LogP contribution in [0.4, 0.5) is 0 Å². The molecule has 2 aromatic rings. The second kappa shape index (κ2) is 6.94. The standard InChI is InChI=1S/C16H16Cl2N2O/c1-20(10-12-6-14(17)8-15(18)7-12)16(21)13-4-2-11(9-19)3-5-13/h2-8H,9-10,19H2,1H3. The number of nitrogens with zero attached hydrogens (tertiary/aromatic N) is 1. The molecule has 5 heteroatoms. The monoisotopic (exact) mass is 322 g/mol. The SMILES string of the molecule is CN(Cc1cc(Cl)cc(Cl)c1)C(=O)c1ccc(CN)cc1. The molecule has 0 radical (unpaired) electrons. The van der Waals surface area contributed by atoms with Gasteiger partial charge in [-0.2, -0.15) is 0 Å². The first kappa shape index (κ1) is 15.8. The molecule has 2 N–H and O–H groups in total. The van der Waals surface area contributed by atoms with E-state index in [1.807, 2.05) is 12.1 Å². The van der Waals surface area contributed by atoms with Crippen LogP contribution in [0.1, 0.15) is 21.5 Å². The second-order valence-electron chi connectivity index (χ2n) is 4.84. The van der Waals surface area contributed by atoms with E-state index in [1.54, 1.807) is 42.3 Å². The van der Waals surface area contributed by atoms with Crippen molar-refractivity contribution in [3.8, 4) is 0 Å². The number of carbonyl (C=O) groups excluding carboxylic acids is 1. The molecule has 0 bridgehead atoms. The number of hydrogen-bond donors (Lipinski definition) is 1. The van der Waals surface area contributed by atoms with Gasteiger partial charge in [0.15, 0.2) is 0 Å². The van der Waals surface area contributed by atoms with Crippen molar-refractivity contribution in [3.05, 3.63) is 69.2 Å². The van der Waals surface area contributed by atoms with Gasteiger partial charge >= 0.3 is 0 Å². The fourth-order valence-corrected chi connectivity index (χ4v) is 2.62. The van der Waals surface area contributed by atoms with Gasteiger partial charge in [0.25, 0.3) is 5.91 Å². The number of amides is 1. The van der Waals surface area contributed by atoms with E-state index in [-0.39, 0.29) is 5.91 Å².